The molecule has 20 heavy (non-hydrogen) atoms. The van der Waals surface area contributed by atoms with E-state index >= 15 is 0 Å². The Morgan fingerprint density at radius 1 is 1.35 bits per heavy atom. The Hall–Kier alpha value is -0.550. The quantitative estimate of drug-likeness (QED) is 0.760. The van der Waals surface area contributed by atoms with Crippen molar-refractivity contribution in [2.45, 2.75) is 32.0 Å². The number of rotatable bonds is 9. The van der Waals surface area contributed by atoms with Gasteiger partial charge in [-0.15, -0.1) is 0 Å². The maximum Gasteiger partial charge on any atom is 0.0716 e. The Morgan fingerprint density at radius 2 is 2.05 bits per heavy atom. The molecule has 0 radical (unpaired) electrons. The van der Waals surface area contributed by atoms with Gasteiger partial charge in [-0.25, -0.2) is 0 Å². The first-order valence-electron chi connectivity index (χ1n) is 7.17. The van der Waals surface area contributed by atoms with Crippen molar-refractivity contribution in [2.75, 3.05) is 32.7 Å². The van der Waals surface area contributed by atoms with Crippen molar-refractivity contribution in [2.24, 2.45) is 5.73 Å². The van der Waals surface area contributed by atoms with Crippen molar-refractivity contribution in [3.8, 4) is 0 Å². The molecule has 114 valence electrons. The minimum Gasteiger partial charge on any atom is -0.380 e. The number of thioether (sulfide) groups is 1. The number of hydrogen-bond acceptors (Lipinski definition) is 4. The van der Waals surface area contributed by atoms with Crippen LogP contribution in [0.1, 0.15) is 30.5 Å². The van der Waals surface area contributed by atoms with Gasteiger partial charge in [0.25, 0.3) is 0 Å². The van der Waals surface area contributed by atoms with Crippen molar-refractivity contribution in [1.29, 1.82) is 0 Å². The molecule has 2 atom stereocenters. The summed E-state index contributed by atoms with van der Waals surface area (Å²) < 4.78 is 5.31. The monoisotopic (exact) mass is 296 g/mol. The average Bonchev–Trinajstić information content (AvgIpc) is 2.47. The summed E-state index contributed by atoms with van der Waals surface area (Å²) >= 11 is 1.89. The van der Waals surface area contributed by atoms with E-state index in [9.17, 15) is 0 Å². The zero-order valence-electron chi connectivity index (χ0n) is 13.1. The van der Waals surface area contributed by atoms with Crippen molar-refractivity contribution in [1.82, 2.24) is 4.90 Å². The summed E-state index contributed by atoms with van der Waals surface area (Å²) in [4.78, 5) is 2.42. The lowest BCUT2D eigenvalue weighted by molar-refractivity contribution is 0.170. The molecule has 1 aromatic carbocycles. The van der Waals surface area contributed by atoms with Gasteiger partial charge in [0.05, 0.1) is 6.61 Å². The lowest BCUT2D eigenvalue weighted by Crippen LogP contribution is -2.40. The fourth-order valence-electron chi connectivity index (χ4n) is 2.63. The topological polar surface area (TPSA) is 38.5 Å². The molecule has 0 saturated carbocycles. The highest BCUT2D eigenvalue weighted by molar-refractivity contribution is 7.98. The van der Waals surface area contributed by atoms with E-state index in [0.717, 1.165) is 12.2 Å². The number of benzene rings is 1. The van der Waals surface area contributed by atoms with Gasteiger partial charge in [0.1, 0.15) is 0 Å². The molecule has 0 heterocycles. The average molecular weight is 296 g/mol. The predicted molar refractivity (Wildman–Crippen MR) is 89.2 cm³/mol. The zero-order valence-corrected chi connectivity index (χ0v) is 14.0. The lowest BCUT2D eigenvalue weighted by Gasteiger charge is -2.35. The summed E-state index contributed by atoms with van der Waals surface area (Å²) in [6.45, 7) is 3.51. The van der Waals surface area contributed by atoms with Gasteiger partial charge in [0.15, 0.2) is 0 Å². The second-order valence-corrected chi connectivity index (χ2v) is 5.98. The van der Waals surface area contributed by atoms with Gasteiger partial charge in [-0.2, -0.15) is 11.8 Å². The van der Waals surface area contributed by atoms with Crippen molar-refractivity contribution >= 4 is 11.8 Å². The molecule has 2 N–H and O–H groups in total. The predicted octanol–water partition coefficient (Wildman–Crippen LogP) is 2.91. The second-order valence-electron chi connectivity index (χ2n) is 5.07. The Bertz CT molecular complexity index is 386. The molecule has 0 aliphatic heterocycles. The molecular weight excluding hydrogens is 268 g/mol. The number of nitrogens with zero attached hydrogens (tertiary/aromatic N) is 1. The first-order chi connectivity index (χ1) is 9.69. The maximum absolute atomic E-state index is 6.07. The number of hydrogen-bond donors (Lipinski definition) is 1. The van der Waals surface area contributed by atoms with Gasteiger partial charge >= 0.3 is 0 Å². The van der Waals surface area contributed by atoms with Crippen molar-refractivity contribution in [3.05, 3.63) is 35.4 Å². The van der Waals surface area contributed by atoms with E-state index in [2.05, 4.69) is 49.4 Å². The van der Waals surface area contributed by atoms with E-state index in [0.29, 0.717) is 19.2 Å². The van der Waals surface area contributed by atoms with Gasteiger partial charge in [0.2, 0.25) is 0 Å². The molecule has 0 aliphatic carbocycles. The SMILES string of the molecule is CCC(CSC)N(C)C(CN)c1ccccc1COC. The summed E-state index contributed by atoms with van der Waals surface area (Å²) in [5.74, 6) is 1.13. The first-order valence-corrected chi connectivity index (χ1v) is 8.56. The first kappa shape index (κ1) is 17.5. The maximum atomic E-state index is 6.07. The fraction of sp³-hybridized carbons (Fsp3) is 0.625. The normalized spacial score (nSPS) is 14.5. The molecule has 3 nitrogen and oxygen atoms in total. The van der Waals surface area contributed by atoms with Crippen LogP contribution in [0.15, 0.2) is 24.3 Å². The van der Waals surface area contributed by atoms with E-state index in [1.54, 1.807) is 7.11 Å². The van der Waals surface area contributed by atoms with Crippen LogP contribution in [0.25, 0.3) is 0 Å². The van der Waals surface area contributed by atoms with Gasteiger partial charge in [0, 0.05) is 31.5 Å². The summed E-state index contributed by atoms with van der Waals surface area (Å²) in [5, 5.41) is 0. The van der Waals surface area contributed by atoms with E-state index < -0.39 is 0 Å². The third kappa shape index (κ3) is 4.48. The third-order valence-electron chi connectivity index (χ3n) is 3.84. The summed E-state index contributed by atoms with van der Waals surface area (Å²) in [7, 11) is 3.92. The molecule has 0 aliphatic rings. The third-order valence-corrected chi connectivity index (χ3v) is 4.55. The molecular formula is C16H28N2OS. The molecule has 0 bridgehead atoms. The Kier molecular flexibility index (Phi) is 8.22. The summed E-state index contributed by atoms with van der Waals surface area (Å²) in [5.41, 5.74) is 8.59. The number of likely N-dealkylation sites (N-methyl/N-ethyl adjacent to an activating group) is 1. The van der Waals surface area contributed by atoms with E-state index in [4.69, 9.17) is 10.5 Å². The zero-order chi connectivity index (χ0) is 15.0. The standard InChI is InChI=1S/C16H28N2OS/c1-5-14(12-20-4)18(2)16(10-17)15-9-7-6-8-13(15)11-19-3/h6-9,14,16H,5,10-12,17H2,1-4H3. The fourth-order valence-corrected chi connectivity index (χ4v) is 3.48. The van der Waals surface area contributed by atoms with Crippen LogP contribution in [0.2, 0.25) is 0 Å². The number of nitrogens with two attached hydrogens (primary N) is 1. The molecule has 2 unspecified atom stereocenters. The van der Waals surface area contributed by atoms with Gasteiger partial charge in [-0.3, -0.25) is 4.90 Å². The van der Waals surface area contributed by atoms with Crippen molar-refractivity contribution < 1.29 is 4.74 Å². The largest absolute Gasteiger partial charge is 0.380 e. The highest BCUT2D eigenvalue weighted by atomic mass is 32.2. The van der Waals surface area contributed by atoms with Crippen LogP contribution < -0.4 is 5.73 Å². The van der Waals surface area contributed by atoms with Crippen LogP contribution in [0.4, 0.5) is 0 Å². The van der Waals surface area contributed by atoms with Crippen LogP contribution in [-0.4, -0.2) is 43.7 Å². The molecule has 0 saturated heterocycles. The Labute approximate surface area is 127 Å². The minimum absolute atomic E-state index is 0.249. The van der Waals surface area contributed by atoms with Gasteiger partial charge in [-0.1, -0.05) is 31.2 Å². The van der Waals surface area contributed by atoms with Gasteiger partial charge in [-0.05, 0) is 30.9 Å². The smallest absolute Gasteiger partial charge is 0.0716 e. The molecule has 4 heteroatoms. The summed E-state index contributed by atoms with van der Waals surface area (Å²) in [6, 6.07) is 9.25. The van der Waals surface area contributed by atoms with Crippen LogP contribution in [0.5, 0.6) is 0 Å². The van der Waals surface area contributed by atoms with E-state index in [1.165, 1.54) is 11.1 Å². The highest BCUT2D eigenvalue weighted by Crippen LogP contribution is 2.26. The van der Waals surface area contributed by atoms with Gasteiger partial charge < -0.3 is 10.5 Å². The molecule has 1 aromatic rings. The molecule has 1 rings (SSSR count). The minimum atomic E-state index is 0.249. The van der Waals surface area contributed by atoms with Crippen LogP contribution in [-0.2, 0) is 11.3 Å². The van der Waals surface area contributed by atoms with E-state index in [1.807, 2.05) is 11.8 Å². The molecule has 0 amide bonds. The lowest BCUT2D eigenvalue weighted by atomic mass is 9.98. The Balaban J connectivity index is 2.99. The van der Waals surface area contributed by atoms with E-state index in [-0.39, 0.29) is 6.04 Å². The molecule has 0 fully saturated rings. The van der Waals surface area contributed by atoms with Crippen LogP contribution in [0, 0.1) is 0 Å². The highest BCUT2D eigenvalue weighted by Gasteiger charge is 2.23. The second kappa shape index (κ2) is 9.40. The van der Waals surface area contributed by atoms with Crippen LogP contribution >= 0.6 is 11.8 Å². The molecule has 0 aromatic heterocycles. The molecule has 0 spiro atoms. The van der Waals surface area contributed by atoms with Crippen molar-refractivity contribution in [3.63, 3.8) is 0 Å². The number of ether oxygens (including phenoxy) is 1. The van der Waals surface area contributed by atoms with Crippen LogP contribution in [0.3, 0.4) is 0 Å². The number of methoxy groups -OCH3 is 1. The Morgan fingerprint density at radius 3 is 2.60 bits per heavy atom. The summed E-state index contributed by atoms with van der Waals surface area (Å²) in [6.07, 6.45) is 3.30.